The Morgan fingerprint density at radius 2 is 1.84 bits per heavy atom. The molecule has 0 saturated carbocycles. The Morgan fingerprint density at radius 1 is 1.00 bits per heavy atom. The number of aromatic amines is 2. The van der Waals surface area contributed by atoms with Crippen molar-refractivity contribution < 1.29 is 0 Å². The first kappa shape index (κ1) is 19.6. The van der Waals surface area contributed by atoms with Crippen molar-refractivity contribution in [2.24, 2.45) is 0 Å². The molecule has 5 rings (SSSR count). The van der Waals surface area contributed by atoms with Gasteiger partial charge in [-0.3, -0.25) is 4.90 Å². The lowest BCUT2D eigenvalue weighted by molar-refractivity contribution is 0.319. The van der Waals surface area contributed by atoms with Crippen molar-refractivity contribution in [2.45, 2.75) is 20.0 Å². The fourth-order valence-electron chi connectivity index (χ4n) is 4.05. The van der Waals surface area contributed by atoms with E-state index in [9.17, 15) is 0 Å². The molecule has 0 radical (unpaired) electrons. The summed E-state index contributed by atoms with van der Waals surface area (Å²) in [5.41, 5.74) is 12.9. The maximum Gasteiger partial charge on any atom is 0.180 e. The van der Waals surface area contributed by atoms with Crippen LogP contribution in [0.25, 0.3) is 33.3 Å². The second-order valence-corrected chi connectivity index (χ2v) is 8.39. The van der Waals surface area contributed by atoms with Crippen LogP contribution in [-0.2, 0) is 13.1 Å². The molecule has 0 unspecified atom stereocenters. The van der Waals surface area contributed by atoms with Gasteiger partial charge < -0.3 is 15.7 Å². The Hall–Kier alpha value is -3.35. The fraction of sp³-hybridized carbons (Fsp3) is 0.167. The van der Waals surface area contributed by atoms with Crippen molar-refractivity contribution >= 4 is 39.5 Å². The number of imidazole rings is 1. The molecule has 0 saturated heterocycles. The third kappa shape index (κ3) is 3.87. The van der Waals surface area contributed by atoms with Crippen LogP contribution in [0, 0.1) is 6.92 Å². The van der Waals surface area contributed by atoms with Gasteiger partial charge in [0.25, 0.3) is 0 Å². The minimum atomic E-state index is 0.453. The summed E-state index contributed by atoms with van der Waals surface area (Å²) in [6, 6.07) is 18.5. The number of nitrogen functional groups attached to an aromatic ring is 1. The van der Waals surface area contributed by atoms with E-state index in [0.717, 1.165) is 57.2 Å². The Balaban J connectivity index is 1.44. The lowest BCUT2D eigenvalue weighted by atomic mass is 10.1. The highest BCUT2D eigenvalue weighted by atomic mass is 35.5. The molecule has 6 nitrogen and oxygen atoms in total. The van der Waals surface area contributed by atoms with Gasteiger partial charge in [-0.25, -0.2) is 9.97 Å². The number of aromatic nitrogens is 4. The smallest absolute Gasteiger partial charge is 0.180 e. The average molecular weight is 431 g/mol. The van der Waals surface area contributed by atoms with Crippen LogP contribution in [0.4, 0.5) is 5.82 Å². The van der Waals surface area contributed by atoms with Crippen LogP contribution in [-0.4, -0.2) is 31.9 Å². The van der Waals surface area contributed by atoms with Gasteiger partial charge in [0.2, 0.25) is 0 Å². The molecule has 0 aliphatic carbocycles. The fourth-order valence-corrected chi connectivity index (χ4v) is 4.24. The maximum atomic E-state index is 6.31. The number of nitrogens with two attached hydrogens (primary N) is 1. The van der Waals surface area contributed by atoms with Crippen molar-refractivity contribution in [3.63, 3.8) is 0 Å². The van der Waals surface area contributed by atoms with E-state index in [1.807, 2.05) is 31.2 Å². The maximum absolute atomic E-state index is 6.31. The summed E-state index contributed by atoms with van der Waals surface area (Å²) in [5.74, 6) is 1.27. The van der Waals surface area contributed by atoms with Crippen molar-refractivity contribution in [2.75, 3.05) is 12.8 Å². The number of nitrogens with one attached hydrogen (secondary N) is 2. The van der Waals surface area contributed by atoms with Gasteiger partial charge in [-0.2, -0.15) is 0 Å². The highest BCUT2D eigenvalue weighted by Gasteiger charge is 2.13. The number of anilines is 1. The van der Waals surface area contributed by atoms with Crippen molar-refractivity contribution in [1.29, 1.82) is 0 Å². The van der Waals surface area contributed by atoms with E-state index in [4.69, 9.17) is 17.3 Å². The first-order chi connectivity index (χ1) is 15.0. The van der Waals surface area contributed by atoms with Crippen LogP contribution in [0.15, 0.2) is 54.6 Å². The monoisotopic (exact) mass is 430 g/mol. The Bertz CT molecular complexity index is 1400. The van der Waals surface area contributed by atoms with Gasteiger partial charge in [-0.15, -0.1) is 0 Å². The molecule has 4 N–H and O–H groups in total. The molecule has 3 aromatic heterocycles. The van der Waals surface area contributed by atoms with E-state index in [1.165, 1.54) is 5.56 Å². The lowest BCUT2D eigenvalue weighted by Crippen LogP contribution is -2.17. The summed E-state index contributed by atoms with van der Waals surface area (Å²) in [7, 11) is 2.10. The molecule has 0 fully saturated rings. The van der Waals surface area contributed by atoms with E-state index in [2.05, 4.69) is 62.2 Å². The largest absolute Gasteiger partial charge is 0.384 e. The number of H-pyrrole nitrogens is 2. The number of rotatable bonds is 5. The van der Waals surface area contributed by atoms with Gasteiger partial charge in [0.05, 0.1) is 5.52 Å². The number of fused-ring (bicyclic) bond motifs is 2. The van der Waals surface area contributed by atoms with Crippen molar-refractivity contribution in [1.82, 2.24) is 24.8 Å². The van der Waals surface area contributed by atoms with E-state index >= 15 is 0 Å². The molecule has 0 aliphatic rings. The number of hydrogen-bond acceptors (Lipinski definition) is 4. The first-order valence-electron chi connectivity index (χ1n) is 10.1. The van der Waals surface area contributed by atoms with Crippen molar-refractivity contribution in [3.8, 4) is 11.3 Å². The number of pyridine rings is 1. The van der Waals surface area contributed by atoms with Crippen LogP contribution < -0.4 is 5.73 Å². The van der Waals surface area contributed by atoms with Crippen LogP contribution >= 0.6 is 11.6 Å². The van der Waals surface area contributed by atoms with Gasteiger partial charge in [-0.05, 0) is 55.4 Å². The van der Waals surface area contributed by atoms with E-state index in [-0.39, 0.29) is 0 Å². The minimum Gasteiger partial charge on any atom is -0.384 e. The summed E-state index contributed by atoms with van der Waals surface area (Å²) in [4.78, 5) is 17.8. The third-order valence-electron chi connectivity index (χ3n) is 5.43. The van der Waals surface area contributed by atoms with Gasteiger partial charge in [0, 0.05) is 40.3 Å². The Kier molecular flexibility index (Phi) is 4.88. The summed E-state index contributed by atoms with van der Waals surface area (Å²) in [6.45, 7) is 3.54. The minimum absolute atomic E-state index is 0.453. The molecule has 156 valence electrons. The predicted molar refractivity (Wildman–Crippen MR) is 127 cm³/mol. The Labute approximate surface area is 185 Å². The molecule has 31 heavy (non-hydrogen) atoms. The van der Waals surface area contributed by atoms with Gasteiger partial charge in [-0.1, -0.05) is 35.9 Å². The normalized spacial score (nSPS) is 11.7. The summed E-state index contributed by atoms with van der Waals surface area (Å²) in [6.07, 6.45) is 0. The molecule has 0 amide bonds. The molecule has 3 heterocycles. The van der Waals surface area contributed by atoms with Gasteiger partial charge in [0.15, 0.2) is 5.65 Å². The molecule has 0 bridgehead atoms. The van der Waals surface area contributed by atoms with Crippen LogP contribution in [0.1, 0.15) is 17.0 Å². The second kappa shape index (κ2) is 7.72. The summed E-state index contributed by atoms with van der Waals surface area (Å²) >= 11 is 6.31. The number of hydrogen-bond donors (Lipinski definition) is 3. The molecular formula is C24H23ClN6. The second-order valence-electron chi connectivity index (χ2n) is 7.98. The Morgan fingerprint density at radius 3 is 2.68 bits per heavy atom. The number of halogens is 1. The number of nitrogens with zero attached hydrogens (tertiary/aromatic N) is 3. The first-order valence-corrected chi connectivity index (χ1v) is 10.5. The van der Waals surface area contributed by atoms with Crippen LogP contribution in [0.2, 0.25) is 5.02 Å². The van der Waals surface area contributed by atoms with E-state index < -0.39 is 0 Å². The quantitative estimate of drug-likeness (QED) is 0.354. The van der Waals surface area contributed by atoms with Crippen LogP contribution in [0.5, 0.6) is 0 Å². The van der Waals surface area contributed by atoms with E-state index in [1.54, 1.807) is 0 Å². The molecule has 0 spiro atoms. The zero-order valence-corrected chi connectivity index (χ0v) is 18.2. The standard InChI is InChI=1S/C24H23ClN6/c1-14-27-23-18(11-22(26)30-24(23)28-14)21-10-17-9-15(7-8-20(17)29-21)12-31(2)13-16-5-3-4-6-19(16)25/h3-11,29H,12-13H2,1-2H3,(H3,26,27,28,30). The van der Waals surface area contributed by atoms with E-state index in [0.29, 0.717) is 11.5 Å². The summed E-state index contributed by atoms with van der Waals surface area (Å²) < 4.78 is 0. The highest BCUT2D eigenvalue weighted by Crippen LogP contribution is 2.31. The van der Waals surface area contributed by atoms with Gasteiger partial charge in [0.1, 0.15) is 11.6 Å². The van der Waals surface area contributed by atoms with Crippen LogP contribution in [0.3, 0.4) is 0 Å². The van der Waals surface area contributed by atoms with Gasteiger partial charge >= 0.3 is 0 Å². The molecule has 2 aromatic carbocycles. The SMILES string of the molecule is Cc1nc2nc(N)cc(-c3cc4cc(CN(C)Cc5ccccc5Cl)ccc4[nH]3)c2[nH]1. The highest BCUT2D eigenvalue weighted by molar-refractivity contribution is 6.31. The third-order valence-corrected chi connectivity index (χ3v) is 5.79. The molecule has 0 atom stereocenters. The van der Waals surface area contributed by atoms with Crippen molar-refractivity contribution in [3.05, 3.63) is 76.6 Å². The lowest BCUT2D eigenvalue weighted by Gasteiger charge is -2.17. The topological polar surface area (TPSA) is 86.6 Å². The zero-order valence-electron chi connectivity index (χ0n) is 17.4. The number of benzene rings is 2. The number of aryl methyl sites for hydroxylation is 1. The molecular weight excluding hydrogens is 408 g/mol. The predicted octanol–water partition coefficient (Wildman–Crippen LogP) is 5.28. The molecule has 0 aliphatic heterocycles. The molecule has 7 heteroatoms. The summed E-state index contributed by atoms with van der Waals surface area (Å²) in [5, 5.41) is 1.95. The zero-order chi connectivity index (χ0) is 21.5. The average Bonchev–Trinajstić information content (AvgIpc) is 3.31. The molecule has 5 aromatic rings.